The lowest BCUT2D eigenvalue weighted by Gasteiger charge is -2.22. The molecule has 2 aromatic rings. The zero-order valence-electron chi connectivity index (χ0n) is 11.8. The van der Waals surface area contributed by atoms with Crippen molar-refractivity contribution in [2.24, 2.45) is 0 Å². The van der Waals surface area contributed by atoms with Gasteiger partial charge in [0.1, 0.15) is 0 Å². The molecule has 0 spiro atoms. The van der Waals surface area contributed by atoms with Crippen LogP contribution in [0.2, 0.25) is 0 Å². The van der Waals surface area contributed by atoms with Gasteiger partial charge in [-0.1, -0.05) is 17.7 Å². The Bertz CT molecular complexity index is 504. The van der Waals surface area contributed by atoms with Crippen LogP contribution in [0, 0.1) is 6.92 Å². The summed E-state index contributed by atoms with van der Waals surface area (Å²) in [5.74, 6) is 0. The van der Waals surface area contributed by atoms with Crippen molar-refractivity contribution in [3.05, 3.63) is 40.9 Å². The van der Waals surface area contributed by atoms with Crippen molar-refractivity contribution in [2.75, 3.05) is 23.3 Å². The summed E-state index contributed by atoms with van der Waals surface area (Å²) in [6, 6.07) is 8.69. The van der Waals surface area contributed by atoms with Crippen LogP contribution in [0.5, 0.6) is 0 Å². The number of rotatable bonds is 6. The molecule has 3 nitrogen and oxygen atoms in total. The molecule has 1 N–H and O–H groups in total. The van der Waals surface area contributed by atoms with Gasteiger partial charge in [0.05, 0.1) is 6.54 Å². The summed E-state index contributed by atoms with van der Waals surface area (Å²) in [4.78, 5) is 8.04. The van der Waals surface area contributed by atoms with Gasteiger partial charge < -0.3 is 10.2 Å². The van der Waals surface area contributed by atoms with Crippen LogP contribution in [0.15, 0.2) is 30.5 Å². The lowest BCUT2D eigenvalue weighted by molar-refractivity contribution is 0.840. The monoisotopic (exact) mass is 275 g/mol. The summed E-state index contributed by atoms with van der Waals surface area (Å²) in [6.45, 7) is 9.23. The molecule has 1 heterocycles. The van der Waals surface area contributed by atoms with Crippen LogP contribution in [-0.2, 0) is 6.54 Å². The zero-order chi connectivity index (χ0) is 13.7. The van der Waals surface area contributed by atoms with Gasteiger partial charge in [-0.15, -0.1) is 11.3 Å². The van der Waals surface area contributed by atoms with E-state index < -0.39 is 0 Å². The molecule has 0 saturated carbocycles. The molecule has 0 amide bonds. The average molecular weight is 275 g/mol. The third-order valence-corrected chi connectivity index (χ3v) is 3.95. The number of nitrogens with one attached hydrogen (secondary N) is 1. The zero-order valence-corrected chi connectivity index (χ0v) is 12.6. The fourth-order valence-corrected chi connectivity index (χ4v) is 2.84. The lowest BCUT2D eigenvalue weighted by Crippen LogP contribution is -2.21. The van der Waals surface area contributed by atoms with Gasteiger partial charge in [-0.05, 0) is 32.9 Å². The lowest BCUT2D eigenvalue weighted by atomic mass is 10.2. The Labute approximate surface area is 119 Å². The molecule has 19 heavy (non-hydrogen) atoms. The van der Waals surface area contributed by atoms with Crippen LogP contribution >= 0.6 is 11.3 Å². The second kappa shape index (κ2) is 6.57. The van der Waals surface area contributed by atoms with Gasteiger partial charge in [0.25, 0.3) is 0 Å². The van der Waals surface area contributed by atoms with Gasteiger partial charge in [0.2, 0.25) is 0 Å². The quantitative estimate of drug-likeness (QED) is 0.866. The molecular formula is C15H21N3S. The van der Waals surface area contributed by atoms with E-state index in [1.807, 2.05) is 6.20 Å². The second-order valence-corrected chi connectivity index (χ2v) is 5.63. The van der Waals surface area contributed by atoms with E-state index in [1.165, 1.54) is 16.1 Å². The third kappa shape index (κ3) is 3.70. The minimum atomic E-state index is 0.919. The summed E-state index contributed by atoms with van der Waals surface area (Å²) in [7, 11) is 0. The minimum Gasteiger partial charge on any atom is -0.367 e. The Morgan fingerprint density at radius 3 is 2.58 bits per heavy atom. The molecule has 0 unspecified atom stereocenters. The number of benzene rings is 1. The topological polar surface area (TPSA) is 28.2 Å². The molecule has 1 aromatic carbocycles. The number of hydrogen-bond donors (Lipinski definition) is 1. The van der Waals surface area contributed by atoms with Gasteiger partial charge in [-0.25, -0.2) is 4.98 Å². The van der Waals surface area contributed by atoms with Crippen molar-refractivity contribution >= 4 is 22.2 Å². The molecule has 0 aliphatic heterocycles. The Morgan fingerprint density at radius 2 is 1.95 bits per heavy atom. The standard InChI is InChI=1S/C15H21N3S/c1-4-16-15-17-10-14(19-15)11-18(5-2)13-8-6-12(3)7-9-13/h6-10H,4-5,11H2,1-3H3,(H,16,17). The number of thiazole rings is 1. The molecule has 0 atom stereocenters. The Balaban J connectivity index is 2.07. The van der Waals surface area contributed by atoms with E-state index in [0.717, 1.165) is 24.8 Å². The molecule has 0 saturated heterocycles. The SMILES string of the molecule is CCNc1ncc(CN(CC)c2ccc(C)cc2)s1. The summed E-state index contributed by atoms with van der Waals surface area (Å²) < 4.78 is 0. The first-order chi connectivity index (χ1) is 9.22. The van der Waals surface area contributed by atoms with E-state index >= 15 is 0 Å². The number of aromatic nitrogens is 1. The number of nitrogens with zero attached hydrogens (tertiary/aromatic N) is 2. The average Bonchev–Trinajstić information content (AvgIpc) is 2.85. The maximum absolute atomic E-state index is 4.38. The van der Waals surface area contributed by atoms with Gasteiger partial charge in [-0.2, -0.15) is 0 Å². The molecule has 0 radical (unpaired) electrons. The summed E-state index contributed by atoms with van der Waals surface area (Å²) in [5.41, 5.74) is 2.57. The van der Waals surface area contributed by atoms with Crippen LogP contribution < -0.4 is 10.2 Å². The van der Waals surface area contributed by atoms with Crippen molar-refractivity contribution in [1.29, 1.82) is 0 Å². The van der Waals surface area contributed by atoms with E-state index in [1.54, 1.807) is 11.3 Å². The molecule has 0 bridgehead atoms. The van der Waals surface area contributed by atoms with Crippen molar-refractivity contribution < 1.29 is 0 Å². The molecule has 2 rings (SSSR count). The van der Waals surface area contributed by atoms with Gasteiger partial charge in [0.15, 0.2) is 5.13 Å². The van der Waals surface area contributed by atoms with Crippen molar-refractivity contribution in [2.45, 2.75) is 27.3 Å². The predicted molar refractivity (Wildman–Crippen MR) is 84.2 cm³/mol. The van der Waals surface area contributed by atoms with Crippen LogP contribution in [0.1, 0.15) is 24.3 Å². The van der Waals surface area contributed by atoms with E-state index in [4.69, 9.17) is 0 Å². The highest BCUT2D eigenvalue weighted by atomic mass is 32.1. The van der Waals surface area contributed by atoms with Crippen LogP contribution in [0.25, 0.3) is 0 Å². The molecule has 4 heteroatoms. The third-order valence-electron chi connectivity index (χ3n) is 3.01. The summed E-state index contributed by atoms with van der Waals surface area (Å²) in [6.07, 6.45) is 1.97. The summed E-state index contributed by atoms with van der Waals surface area (Å²) >= 11 is 1.74. The van der Waals surface area contributed by atoms with E-state index in [-0.39, 0.29) is 0 Å². The normalized spacial score (nSPS) is 10.5. The highest BCUT2D eigenvalue weighted by Gasteiger charge is 2.08. The molecule has 0 aliphatic carbocycles. The first-order valence-corrected chi connectivity index (χ1v) is 7.54. The maximum Gasteiger partial charge on any atom is 0.182 e. The van der Waals surface area contributed by atoms with Crippen LogP contribution in [-0.4, -0.2) is 18.1 Å². The number of aryl methyl sites for hydroxylation is 1. The predicted octanol–water partition coefficient (Wildman–Crippen LogP) is 3.91. The Kier molecular flexibility index (Phi) is 4.80. The Hall–Kier alpha value is -1.55. The van der Waals surface area contributed by atoms with Crippen LogP contribution in [0.4, 0.5) is 10.8 Å². The van der Waals surface area contributed by atoms with Crippen molar-refractivity contribution in [3.8, 4) is 0 Å². The highest BCUT2D eigenvalue weighted by Crippen LogP contribution is 2.23. The smallest absolute Gasteiger partial charge is 0.182 e. The number of hydrogen-bond acceptors (Lipinski definition) is 4. The van der Waals surface area contributed by atoms with E-state index in [2.05, 4.69) is 60.2 Å². The Morgan fingerprint density at radius 1 is 1.21 bits per heavy atom. The fourth-order valence-electron chi connectivity index (χ4n) is 1.94. The first-order valence-electron chi connectivity index (χ1n) is 6.73. The van der Waals surface area contributed by atoms with Crippen molar-refractivity contribution in [3.63, 3.8) is 0 Å². The fraction of sp³-hybridized carbons (Fsp3) is 0.400. The molecular weight excluding hydrogens is 254 g/mol. The first kappa shape index (κ1) is 13.9. The van der Waals surface area contributed by atoms with Crippen molar-refractivity contribution in [1.82, 2.24) is 4.98 Å². The largest absolute Gasteiger partial charge is 0.367 e. The second-order valence-electron chi connectivity index (χ2n) is 4.51. The van der Waals surface area contributed by atoms with E-state index in [9.17, 15) is 0 Å². The minimum absolute atomic E-state index is 0.919. The molecule has 0 fully saturated rings. The van der Waals surface area contributed by atoms with E-state index in [0.29, 0.717) is 0 Å². The van der Waals surface area contributed by atoms with Gasteiger partial charge in [0, 0.05) is 29.9 Å². The van der Waals surface area contributed by atoms with Gasteiger partial charge in [-0.3, -0.25) is 0 Å². The summed E-state index contributed by atoms with van der Waals surface area (Å²) in [5, 5.41) is 4.27. The molecule has 1 aromatic heterocycles. The van der Waals surface area contributed by atoms with Crippen LogP contribution in [0.3, 0.4) is 0 Å². The molecule has 0 aliphatic rings. The maximum atomic E-state index is 4.38. The molecule has 102 valence electrons. The number of anilines is 2. The van der Waals surface area contributed by atoms with Gasteiger partial charge >= 0.3 is 0 Å². The highest BCUT2D eigenvalue weighted by molar-refractivity contribution is 7.15.